The minimum Gasteiger partial charge on any atom is -0.508 e. The molecule has 0 unspecified atom stereocenters. The number of methoxy groups -OCH3 is 1. The topological polar surface area (TPSA) is 148 Å². The molecule has 0 aliphatic carbocycles. The van der Waals surface area contributed by atoms with Crippen LogP contribution in [0.1, 0.15) is 51.4 Å². The van der Waals surface area contributed by atoms with Crippen molar-refractivity contribution in [3.63, 3.8) is 0 Å². The Labute approximate surface area is 249 Å². The standard InChI is InChI=1S/C35H34O8/c1-43-32-21-31(41)33(35(42)34(32)30(40)20-10-23-8-16-27(38)17-9-23)29(24-11-18-28(39)19-12-24)4-2-3-25(36)13-5-22-6-14-26(37)15-7-22/h2,4,6-12,14-21,25,29,36-39,41-42H,3,5,13H2,1H3/b4-2+,20-10+/t25-,29-/m1/s1. The van der Waals surface area contributed by atoms with E-state index in [0.717, 1.165) is 5.56 Å². The van der Waals surface area contributed by atoms with Gasteiger partial charge in [-0.25, -0.2) is 0 Å². The molecular formula is C35H34O8. The Morgan fingerprint density at radius 3 is 2.02 bits per heavy atom. The summed E-state index contributed by atoms with van der Waals surface area (Å²) in [5.41, 5.74) is 2.16. The SMILES string of the molecule is COc1cc(O)c([C@H](/C=C/C[C@@H](O)CCc2ccc(O)cc2)c2ccc(O)cc2)c(O)c1C(=O)/C=C/c1ccc(O)cc1. The Morgan fingerprint density at radius 1 is 0.837 bits per heavy atom. The Balaban J connectivity index is 1.64. The molecular weight excluding hydrogens is 548 g/mol. The highest BCUT2D eigenvalue weighted by molar-refractivity contribution is 6.11. The maximum Gasteiger partial charge on any atom is 0.193 e. The molecule has 43 heavy (non-hydrogen) atoms. The molecule has 0 aliphatic rings. The highest BCUT2D eigenvalue weighted by Gasteiger charge is 2.27. The second-order valence-electron chi connectivity index (χ2n) is 10.1. The number of phenolic OH excluding ortho intramolecular Hbond substituents is 5. The van der Waals surface area contributed by atoms with Crippen LogP contribution >= 0.6 is 0 Å². The maximum absolute atomic E-state index is 13.3. The molecule has 222 valence electrons. The monoisotopic (exact) mass is 582 g/mol. The van der Waals surface area contributed by atoms with E-state index in [1.165, 1.54) is 49.6 Å². The van der Waals surface area contributed by atoms with Crippen LogP contribution in [0.2, 0.25) is 0 Å². The summed E-state index contributed by atoms with van der Waals surface area (Å²) < 4.78 is 5.33. The molecule has 2 atom stereocenters. The zero-order valence-corrected chi connectivity index (χ0v) is 23.6. The number of hydrogen-bond donors (Lipinski definition) is 6. The van der Waals surface area contributed by atoms with Gasteiger partial charge in [-0.2, -0.15) is 0 Å². The van der Waals surface area contributed by atoms with Gasteiger partial charge < -0.3 is 35.4 Å². The lowest BCUT2D eigenvalue weighted by Gasteiger charge is -2.20. The van der Waals surface area contributed by atoms with Crippen molar-refractivity contribution in [2.45, 2.75) is 31.3 Å². The van der Waals surface area contributed by atoms with Crippen molar-refractivity contribution in [3.8, 4) is 34.5 Å². The summed E-state index contributed by atoms with van der Waals surface area (Å²) in [5.74, 6) is -1.80. The van der Waals surface area contributed by atoms with Crippen LogP contribution in [0, 0.1) is 0 Å². The molecule has 8 nitrogen and oxygen atoms in total. The molecule has 0 fully saturated rings. The fourth-order valence-electron chi connectivity index (χ4n) is 4.73. The number of allylic oxidation sites excluding steroid dienone is 2. The van der Waals surface area contributed by atoms with Crippen LogP contribution in [0.3, 0.4) is 0 Å². The van der Waals surface area contributed by atoms with E-state index < -0.39 is 23.6 Å². The third kappa shape index (κ3) is 7.96. The summed E-state index contributed by atoms with van der Waals surface area (Å²) in [7, 11) is 1.32. The van der Waals surface area contributed by atoms with E-state index in [2.05, 4.69) is 0 Å². The van der Waals surface area contributed by atoms with Crippen LogP contribution in [0.5, 0.6) is 34.5 Å². The van der Waals surface area contributed by atoms with E-state index in [9.17, 15) is 35.4 Å². The number of carbonyl (C=O) groups excluding carboxylic acids is 1. The molecule has 0 bridgehead atoms. The van der Waals surface area contributed by atoms with Gasteiger partial charge in [-0.3, -0.25) is 4.79 Å². The number of aliphatic hydroxyl groups is 1. The lowest BCUT2D eigenvalue weighted by Crippen LogP contribution is -2.08. The molecule has 0 aromatic heterocycles. The van der Waals surface area contributed by atoms with Gasteiger partial charge in [0.1, 0.15) is 40.1 Å². The third-order valence-electron chi connectivity index (χ3n) is 7.07. The summed E-state index contributed by atoms with van der Waals surface area (Å²) in [5, 5.41) is 61.9. The number of aliphatic hydroxyl groups excluding tert-OH is 1. The number of ether oxygens (including phenoxy) is 1. The van der Waals surface area contributed by atoms with E-state index in [1.807, 2.05) is 0 Å². The van der Waals surface area contributed by atoms with Crippen LogP contribution in [-0.4, -0.2) is 49.6 Å². The number of benzene rings is 4. The molecule has 0 radical (unpaired) electrons. The Kier molecular flexibility index (Phi) is 10.1. The van der Waals surface area contributed by atoms with Crippen molar-refractivity contribution < 1.29 is 40.2 Å². The predicted octanol–water partition coefficient (Wildman–Crippen LogP) is 6.19. The quantitative estimate of drug-likeness (QED) is 0.0658. The van der Waals surface area contributed by atoms with Gasteiger partial charge in [-0.1, -0.05) is 54.6 Å². The third-order valence-corrected chi connectivity index (χ3v) is 7.07. The zero-order chi connectivity index (χ0) is 30.9. The van der Waals surface area contributed by atoms with Crippen molar-refractivity contribution in [1.29, 1.82) is 0 Å². The van der Waals surface area contributed by atoms with E-state index in [1.54, 1.807) is 60.7 Å². The molecule has 0 amide bonds. The van der Waals surface area contributed by atoms with Gasteiger partial charge in [0.25, 0.3) is 0 Å². The van der Waals surface area contributed by atoms with Crippen molar-refractivity contribution in [3.05, 3.63) is 125 Å². The summed E-state index contributed by atoms with van der Waals surface area (Å²) >= 11 is 0. The molecule has 0 heterocycles. The van der Waals surface area contributed by atoms with Crippen LogP contribution in [0.4, 0.5) is 0 Å². The van der Waals surface area contributed by atoms with E-state index in [0.29, 0.717) is 24.0 Å². The second-order valence-corrected chi connectivity index (χ2v) is 10.1. The first-order valence-electron chi connectivity index (χ1n) is 13.7. The van der Waals surface area contributed by atoms with Crippen LogP contribution < -0.4 is 4.74 Å². The van der Waals surface area contributed by atoms with Crippen molar-refractivity contribution in [2.24, 2.45) is 0 Å². The minimum absolute atomic E-state index is 0.0165. The first-order valence-corrected chi connectivity index (χ1v) is 13.7. The summed E-state index contributed by atoms with van der Waals surface area (Å²) in [6, 6.07) is 20.5. The molecule has 4 aromatic rings. The maximum atomic E-state index is 13.3. The molecule has 4 rings (SSSR count). The first kappa shape index (κ1) is 30.7. The second kappa shape index (κ2) is 14.1. The summed E-state index contributed by atoms with van der Waals surface area (Å²) in [6.45, 7) is 0. The van der Waals surface area contributed by atoms with Gasteiger partial charge >= 0.3 is 0 Å². The van der Waals surface area contributed by atoms with Gasteiger partial charge in [0, 0.05) is 17.5 Å². The van der Waals surface area contributed by atoms with Gasteiger partial charge in [0.2, 0.25) is 0 Å². The number of aryl methyl sites for hydroxylation is 1. The summed E-state index contributed by atoms with van der Waals surface area (Å²) in [6.07, 6.45) is 6.96. The lowest BCUT2D eigenvalue weighted by atomic mass is 9.86. The number of ketones is 1. The number of phenols is 5. The minimum atomic E-state index is -0.747. The van der Waals surface area contributed by atoms with E-state index in [-0.39, 0.29) is 46.3 Å². The average molecular weight is 583 g/mol. The average Bonchev–Trinajstić information content (AvgIpc) is 2.99. The number of aromatic hydroxyl groups is 5. The van der Waals surface area contributed by atoms with E-state index >= 15 is 0 Å². The molecule has 4 aromatic carbocycles. The lowest BCUT2D eigenvalue weighted by molar-refractivity contribution is 0.104. The predicted molar refractivity (Wildman–Crippen MR) is 164 cm³/mol. The van der Waals surface area contributed by atoms with Gasteiger partial charge in [0.15, 0.2) is 5.78 Å². The van der Waals surface area contributed by atoms with Crippen LogP contribution in [0.25, 0.3) is 6.08 Å². The molecule has 0 aliphatic heterocycles. The molecule has 0 saturated carbocycles. The smallest absolute Gasteiger partial charge is 0.193 e. The van der Waals surface area contributed by atoms with E-state index in [4.69, 9.17) is 4.74 Å². The molecule has 6 N–H and O–H groups in total. The highest BCUT2D eigenvalue weighted by Crippen LogP contribution is 2.45. The number of carbonyl (C=O) groups is 1. The molecule has 8 heteroatoms. The van der Waals surface area contributed by atoms with Gasteiger partial charge in [-0.05, 0) is 78.4 Å². The van der Waals surface area contributed by atoms with Crippen molar-refractivity contribution in [1.82, 2.24) is 0 Å². The first-order chi connectivity index (χ1) is 20.7. The molecule has 0 spiro atoms. The zero-order valence-electron chi connectivity index (χ0n) is 23.6. The van der Waals surface area contributed by atoms with Gasteiger partial charge in [0.05, 0.1) is 13.2 Å². The number of rotatable bonds is 12. The normalized spacial score (nSPS) is 12.9. The Morgan fingerprint density at radius 2 is 1.42 bits per heavy atom. The van der Waals surface area contributed by atoms with Crippen LogP contribution in [0.15, 0.2) is 97.1 Å². The Hall–Kier alpha value is -5.21. The van der Waals surface area contributed by atoms with Crippen molar-refractivity contribution >= 4 is 11.9 Å². The fourth-order valence-corrected chi connectivity index (χ4v) is 4.73. The Bertz CT molecular complexity index is 1590. The largest absolute Gasteiger partial charge is 0.508 e. The van der Waals surface area contributed by atoms with Crippen LogP contribution in [-0.2, 0) is 6.42 Å². The van der Waals surface area contributed by atoms with Gasteiger partial charge in [-0.15, -0.1) is 0 Å². The highest BCUT2D eigenvalue weighted by atomic mass is 16.5. The number of hydrogen-bond acceptors (Lipinski definition) is 8. The summed E-state index contributed by atoms with van der Waals surface area (Å²) in [4.78, 5) is 13.3. The molecule has 0 saturated heterocycles. The fraction of sp³-hybridized carbons (Fsp3) is 0.171. The van der Waals surface area contributed by atoms with Crippen molar-refractivity contribution in [2.75, 3.05) is 7.11 Å².